The molecule has 0 saturated carbocycles. The second-order valence-corrected chi connectivity index (χ2v) is 8.40. The molecule has 0 spiro atoms. The Labute approximate surface area is 188 Å². The fourth-order valence-corrected chi connectivity index (χ4v) is 4.97. The van der Waals surface area contributed by atoms with Crippen molar-refractivity contribution in [3.05, 3.63) is 41.1 Å². The minimum Gasteiger partial charge on any atom is -0.497 e. The normalized spacial score (nSPS) is 24.2. The average molecular weight is 461 g/mol. The zero-order chi connectivity index (χ0) is 22.8. The monoisotopic (exact) mass is 461 g/mol. The minimum absolute atomic E-state index is 0.0155. The van der Waals surface area contributed by atoms with Crippen LogP contribution in [0, 0.1) is 0 Å². The first-order valence-electron chi connectivity index (χ1n) is 10.1. The summed E-state index contributed by atoms with van der Waals surface area (Å²) < 4.78 is 15.6. The average Bonchev–Trinajstić information content (AvgIpc) is 3.32. The summed E-state index contributed by atoms with van der Waals surface area (Å²) in [5.41, 5.74) is 7.46. The lowest BCUT2D eigenvalue weighted by Crippen LogP contribution is -2.68. The topological polar surface area (TPSA) is 130 Å². The third-order valence-electron chi connectivity index (χ3n) is 5.33. The van der Waals surface area contributed by atoms with Crippen molar-refractivity contribution in [1.82, 2.24) is 4.90 Å². The maximum atomic E-state index is 13.1. The molecule has 3 atom stereocenters. The van der Waals surface area contributed by atoms with Crippen molar-refractivity contribution in [2.24, 2.45) is 10.9 Å². The van der Waals surface area contributed by atoms with Crippen LogP contribution in [0.25, 0.3) is 0 Å². The Morgan fingerprint density at radius 1 is 1.25 bits per heavy atom. The summed E-state index contributed by atoms with van der Waals surface area (Å²) in [5.74, 6) is -0.503. The van der Waals surface area contributed by atoms with Crippen LogP contribution in [0.2, 0.25) is 0 Å². The first-order chi connectivity index (χ1) is 15.4. The summed E-state index contributed by atoms with van der Waals surface area (Å²) in [5, 5.41) is 3.47. The van der Waals surface area contributed by atoms with Gasteiger partial charge in [-0.25, -0.2) is 9.59 Å². The Hall–Kier alpha value is -3.05. The van der Waals surface area contributed by atoms with Gasteiger partial charge in [-0.1, -0.05) is 17.3 Å². The number of benzene rings is 1. The quantitative estimate of drug-likeness (QED) is 0.466. The van der Waals surface area contributed by atoms with E-state index in [1.165, 1.54) is 16.7 Å². The fraction of sp³-hybridized carbons (Fsp3) is 0.429. The highest BCUT2D eigenvalue weighted by Crippen LogP contribution is 2.42. The SMILES string of the molecule is CCOC(=O)C1=NO[C@H](C2=C(C(=O)OCc3ccc(OC)cc3)N3C(=O)C(N)C3SC2)C1. The molecule has 4 rings (SSSR count). The molecule has 2 N–H and O–H groups in total. The fourth-order valence-electron chi connectivity index (χ4n) is 3.61. The van der Waals surface area contributed by atoms with Gasteiger partial charge in [0.15, 0.2) is 11.8 Å². The third kappa shape index (κ3) is 4.05. The summed E-state index contributed by atoms with van der Waals surface area (Å²) in [6, 6.07) is 6.41. The summed E-state index contributed by atoms with van der Waals surface area (Å²) in [6.45, 7) is 1.93. The van der Waals surface area contributed by atoms with Gasteiger partial charge in [0.1, 0.15) is 29.5 Å². The van der Waals surface area contributed by atoms with E-state index in [0.717, 1.165) is 5.56 Å². The number of carbonyl (C=O) groups is 3. The molecular weight excluding hydrogens is 438 g/mol. The van der Waals surface area contributed by atoms with E-state index in [9.17, 15) is 14.4 Å². The number of rotatable bonds is 7. The van der Waals surface area contributed by atoms with Crippen molar-refractivity contribution in [2.75, 3.05) is 19.5 Å². The first kappa shape index (κ1) is 22.2. The van der Waals surface area contributed by atoms with E-state index >= 15 is 0 Å². The highest BCUT2D eigenvalue weighted by molar-refractivity contribution is 8.00. The highest BCUT2D eigenvalue weighted by Gasteiger charge is 2.53. The van der Waals surface area contributed by atoms with Crippen LogP contribution < -0.4 is 10.5 Å². The number of nitrogens with two attached hydrogens (primary N) is 1. The predicted octanol–water partition coefficient (Wildman–Crippen LogP) is 0.943. The number of hydrogen-bond acceptors (Lipinski definition) is 10. The van der Waals surface area contributed by atoms with Crippen LogP contribution in [-0.4, -0.2) is 65.4 Å². The van der Waals surface area contributed by atoms with E-state index in [4.69, 9.17) is 24.8 Å². The lowest BCUT2D eigenvalue weighted by atomic mass is 9.98. The number of methoxy groups -OCH3 is 1. The summed E-state index contributed by atoms with van der Waals surface area (Å²) in [4.78, 5) is 44.3. The number of carbonyl (C=O) groups excluding carboxylic acids is 3. The zero-order valence-electron chi connectivity index (χ0n) is 17.6. The van der Waals surface area contributed by atoms with Crippen LogP contribution in [0.1, 0.15) is 18.9 Å². The van der Waals surface area contributed by atoms with Crippen LogP contribution in [0.5, 0.6) is 5.75 Å². The second-order valence-electron chi connectivity index (χ2n) is 7.29. The van der Waals surface area contributed by atoms with Crippen LogP contribution >= 0.6 is 11.8 Å². The largest absolute Gasteiger partial charge is 0.497 e. The first-order valence-corrected chi connectivity index (χ1v) is 11.1. The van der Waals surface area contributed by atoms with E-state index in [1.54, 1.807) is 38.3 Å². The minimum atomic E-state index is -0.679. The Morgan fingerprint density at radius 3 is 2.69 bits per heavy atom. The number of amides is 1. The number of ether oxygens (including phenoxy) is 3. The molecule has 0 bridgehead atoms. The Morgan fingerprint density at radius 2 is 2.00 bits per heavy atom. The number of thioether (sulfide) groups is 1. The molecule has 1 amide bonds. The Kier molecular flexibility index (Phi) is 6.38. The van der Waals surface area contributed by atoms with Gasteiger partial charge in [-0.3, -0.25) is 9.69 Å². The molecule has 1 aromatic carbocycles. The zero-order valence-corrected chi connectivity index (χ0v) is 18.4. The lowest BCUT2D eigenvalue weighted by Gasteiger charge is -2.48. The van der Waals surface area contributed by atoms with Crippen molar-refractivity contribution in [2.45, 2.75) is 37.5 Å². The molecule has 3 heterocycles. The third-order valence-corrected chi connectivity index (χ3v) is 6.65. The summed E-state index contributed by atoms with van der Waals surface area (Å²) in [7, 11) is 1.57. The van der Waals surface area contributed by atoms with Crippen molar-refractivity contribution >= 4 is 35.3 Å². The predicted molar refractivity (Wildman–Crippen MR) is 114 cm³/mol. The number of oxime groups is 1. The van der Waals surface area contributed by atoms with Gasteiger partial charge in [-0.05, 0) is 24.6 Å². The molecule has 3 aliphatic rings. The molecule has 32 heavy (non-hydrogen) atoms. The smallest absolute Gasteiger partial charge is 0.356 e. The van der Waals surface area contributed by atoms with E-state index < -0.39 is 24.1 Å². The molecule has 0 aromatic heterocycles. The number of fused-ring (bicyclic) bond motifs is 1. The summed E-state index contributed by atoms with van der Waals surface area (Å²) in [6.07, 6.45) is -0.529. The van der Waals surface area contributed by atoms with Crippen molar-refractivity contribution in [1.29, 1.82) is 0 Å². The van der Waals surface area contributed by atoms with E-state index in [2.05, 4.69) is 5.16 Å². The molecule has 0 radical (unpaired) electrons. The maximum absolute atomic E-state index is 13.1. The van der Waals surface area contributed by atoms with Gasteiger partial charge in [0.25, 0.3) is 0 Å². The van der Waals surface area contributed by atoms with E-state index in [1.807, 2.05) is 0 Å². The molecule has 1 aromatic rings. The number of esters is 2. The van der Waals surface area contributed by atoms with Gasteiger partial charge in [0.2, 0.25) is 5.91 Å². The molecule has 10 nitrogen and oxygen atoms in total. The van der Waals surface area contributed by atoms with Gasteiger partial charge >= 0.3 is 11.9 Å². The van der Waals surface area contributed by atoms with Gasteiger partial charge in [-0.2, -0.15) is 0 Å². The van der Waals surface area contributed by atoms with Crippen LogP contribution in [0.4, 0.5) is 0 Å². The van der Waals surface area contributed by atoms with Crippen LogP contribution in [0.3, 0.4) is 0 Å². The van der Waals surface area contributed by atoms with Gasteiger partial charge < -0.3 is 24.8 Å². The van der Waals surface area contributed by atoms with Gasteiger partial charge in [-0.15, -0.1) is 11.8 Å². The molecule has 3 aliphatic heterocycles. The Bertz CT molecular complexity index is 992. The molecule has 1 saturated heterocycles. The van der Waals surface area contributed by atoms with Crippen molar-refractivity contribution in [3.63, 3.8) is 0 Å². The number of β-lactam (4-membered cyclic amide) rings is 1. The van der Waals surface area contributed by atoms with E-state index in [0.29, 0.717) is 17.1 Å². The van der Waals surface area contributed by atoms with E-state index in [-0.39, 0.29) is 42.3 Å². The van der Waals surface area contributed by atoms with Crippen molar-refractivity contribution < 1.29 is 33.4 Å². The highest BCUT2D eigenvalue weighted by atomic mass is 32.2. The maximum Gasteiger partial charge on any atom is 0.356 e. The standard InChI is InChI=1S/C21H23N3O7S/c1-3-29-20(26)14-8-15(31-23-14)13-10-32-19-16(22)18(25)24(19)17(13)21(27)30-9-11-4-6-12(28-2)7-5-11/h4-7,15-16,19H,3,8-10,22H2,1-2H3/t15-,16?,19?/m0/s1. The molecule has 11 heteroatoms. The lowest BCUT2D eigenvalue weighted by molar-refractivity contribution is -0.151. The Balaban J connectivity index is 1.54. The number of nitrogens with zero attached hydrogens (tertiary/aromatic N) is 2. The molecular formula is C21H23N3O7S. The van der Waals surface area contributed by atoms with Crippen LogP contribution in [-0.2, 0) is 35.3 Å². The molecule has 1 fully saturated rings. The summed E-state index contributed by atoms with van der Waals surface area (Å²) >= 11 is 1.43. The van der Waals surface area contributed by atoms with Gasteiger partial charge in [0, 0.05) is 17.7 Å². The van der Waals surface area contributed by atoms with Gasteiger partial charge in [0.05, 0.1) is 13.7 Å². The molecule has 2 unspecified atom stereocenters. The molecule has 170 valence electrons. The second kappa shape index (κ2) is 9.21. The van der Waals surface area contributed by atoms with Crippen molar-refractivity contribution in [3.8, 4) is 5.75 Å². The molecule has 0 aliphatic carbocycles. The van der Waals surface area contributed by atoms with Crippen LogP contribution in [0.15, 0.2) is 40.7 Å². The number of hydrogen-bond donors (Lipinski definition) is 1.